The Morgan fingerprint density at radius 2 is 2.14 bits per heavy atom. The Morgan fingerprint density at radius 3 is 2.79 bits per heavy atom. The number of hydrogen-bond acceptors (Lipinski definition) is 2. The van der Waals surface area contributed by atoms with Gasteiger partial charge >= 0.3 is 0 Å². The fourth-order valence-electron chi connectivity index (χ4n) is 1.42. The number of aromatic nitrogens is 2. The first-order chi connectivity index (χ1) is 6.83. The van der Waals surface area contributed by atoms with Crippen LogP contribution in [0, 0.1) is 18.3 Å². The smallest absolute Gasteiger partial charge is 0.137 e. The van der Waals surface area contributed by atoms with Gasteiger partial charge in [0, 0.05) is 11.9 Å². The van der Waals surface area contributed by atoms with E-state index in [1.165, 1.54) is 0 Å². The molecule has 0 bridgehead atoms. The van der Waals surface area contributed by atoms with Crippen LogP contribution in [0.2, 0.25) is 0 Å². The van der Waals surface area contributed by atoms with E-state index in [1.54, 1.807) is 12.3 Å². The molecule has 3 nitrogen and oxygen atoms in total. The second-order valence-electron chi connectivity index (χ2n) is 3.00. The summed E-state index contributed by atoms with van der Waals surface area (Å²) in [6.07, 6.45) is 1.72. The maximum absolute atomic E-state index is 8.89. The van der Waals surface area contributed by atoms with Gasteiger partial charge in [-0.2, -0.15) is 5.26 Å². The molecule has 0 saturated carbocycles. The van der Waals surface area contributed by atoms with Crippen molar-refractivity contribution in [1.82, 2.24) is 9.55 Å². The maximum Gasteiger partial charge on any atom is 0.137 e. The minimum Gasteiger partial charge on any atom is -0.290 e. The second-order valence-corrected chi connectivity index (χ2v) is 3.00. The second kappa shape index (κ2) is 3.35. The number of hydrogen-bond donors (Lipinski definition) is 0. The van der Waals surface area contributed by atoms with Crippen LogP contribution in [0.1, 0.15) is 11.4 Å². The highest BCUT2D eigenvalue weighted by molar-refractivity contribution is 5.37. The Morgan fingerprint density at radius 1 is 1.29 bits per heavy atom. The molecular formula is C11H9N3. The summed E-state index contributed by atoms with van der Waals surface area (Å²) >= 11 is 0. The lowest BCUT2D eigenvalue weighted by Crippen LogP contribution is -2.00. The van der Waals surface area contributed by atoms with E-state index < -0.39 is 0 Å². The van der Waals surface area contributed by atoms with Crippen molar-refractivity contribution in [2.24, 2.45) is 0 Å². The first-order valence-corrected chi connectivity index (χ1v) is 4.33. The zero-order chi connectivity index (χ0) is 9.97. The Labute approximate surface area is 82.2 Å². The molecule has 0 fully saturated rings. The molecule has 0 atom stereocenters. The molecule has 2 heterocycles. The van der Waals surface area contributed by atoms with E-state index in [-0.39, 0.29) is 0 Å². The molecule has 0 saturated heterocycles. The summed E-state index contributed by atoms with van der Waals surface area (Å²) in [7, 11) is 0. The fraction of sp³-hybridized carbons (Fsp3) is 0.0909. The van der Waals surface area contributed by atoms with Crippen LogP contribution in [-0.2, 0) is 0 Å². The zero-order valence-corrected chi connectivity index (χ0v) is 7.81. The van der Waals surface area contributed by atoms with Gasteiger partial charge in [0.15, 0.2) is 0 Å². The largest absolute Gasteiger partial charge is 0.290 e. The number of nitriles is 1. The molecule has 3 heteroatoms. The molecule has 0 spiro atoms. The molecular weight excluding hydrogens is 174 g/mol. The number of nitrogens with zero attached hydrogens (tertiary/aromatic N) is 3. The molecule has 0 aliphatic carbocycles. The van der Waals surface area contributed by atoms with Gasteiger partial charge in [0.2, 0.25) is 0 Å². The average molecular weight is 183 g/mol. The normalized spacial score (nSPS) is 9.71. The molecule has 0 unspecified atom stereocenters. The third kappa shape index (κ3) is 1.27. The number of aryl methyl sites for hydroxylation is 1. The fourth-order valence-corrected chi connectivity index (χ4v) is 1.42. The van der Waals surface area contributed by atoms with Crippen LogP contribution in [0.4, 0.5) is 0 Å². The number of rotatable bonds is 1. The van der Waals surface area contributed by atoms with Crippen molar-refractivity contribution in [2.45, 2.75) is 6.92 Å². The third-order valence-electron chi connectivity index (χ3n) is 2.07. The van der Waals surface area contributed by atoms with Crippen molar-refractivity contribution in [1.29, 1.82) is 5.26 Å². The highest BCUT2D eigenvalue weighted by Crippen LogP contribution is 2.13. The highest BCUT2D eigenvalue weighted by atomic mass is 15.1. The van der Waals surface area contributed by atoms with Crippen LogP contribution in [-0.4, -0.2) is 9.55 Å². The van der Waals surface area contributed by atoms with Crippen LogP contribution in [0.15, 0.2) is 36.5 Å². The van der Waals surface area contributed by atoms with Gasteiger partial charge < -0.3 is 0 Å². The van der Waals surface area contributed by atoms with Crippen LogP contribution >= 0.6 is 0 Å². The summed E-state index contributed by atoms with van der Waals surface area (Å²) in [6.45, 7) is 1.95. The van der Waals surface area contributed by atoms with Gasteiger partial charge in [-0.1, -0.05) is 6.07 Å². The molecule has 0 aliphatic rings. The zero-order valence-electron chi connectivity index (χ0n) is 7.81. The summed E-state index contributed by atoms with van der Waals surface area (Å²) < 4.78 is 1.83. The third-order valence-corrected chi connectivity index (χ3v) is 2.07. The molecule has 0 radical (unpaired) electrons. The Hall–Kier alpha value is -2.08. The van der Waals surface area contributed by atoms with Crippen LogP contribution < -0.4 is 0 Å². The van der Waals surface area contributed by atoms with Gasteiger partial charge in [-0.15, -0.1) is 0 Å². The summed E-state index contributed by atoms with van der Waals surface area (Å²) in [4.78, 5) is 4.20. The molecule has 2 rings (SSSR count). The SMILES string of the molecule is Cc1ccc(C#N)n1-c1ccccn1. The standard InChI is InChI=1S/C11H9N3/c1-9-5-6-10(8-12)14(9)11-4-2-3-7-13-11/h2-7H,1H3. The van der Waals surface area contributed by atoms with Gasteiger partial charge in [-0.3, -0.25) is 4.57 Å². The molecule has 2 aromatic heterocycles. The first-order valence-electron chi connectivity index (χ1n) is 4.33. The molecule has 2 aromatic rings. The molecule has 0 aliphatic heterocycles. The summed E-state index contributed by atoms with van der Waals surface area (Å²) in [5.74, 6) is 0.784. The van der Waals surface area contributed by atoms with Crippen LogP contribution in [0.25, 0.3) is 5.82 Å². The van der Waals surface area contributed by atoms with E-state index in [9.17, 15) is 0 Å². The van der Waals surface area contributed by atoms with E-state index in [0.29, 0.717) is 5.69 Å². The van der Waals surface area contributed by atoms with E-state index in [0.717, 1.165) is 11.5 Å². The van der Waals surface area contributed by atoms with Crippen molar-refractivity contribution in [3.63, 3.8) is 0 Å². The topological polar surface area (TPSA) is 41.6 Å². The maximum atomic E-state index is 8.89. The summed E-state index contributed by atoms with van der Waals surface area (Å²) in [6, 6.07) is 11.5. The average Bonchev–Trinajstić information content (AvgIpc) is 2.61. The van der Waals surface area contributed by atoms with Crippen molar-refractivity contribution in [3.8, 4) is 11.9 Å². The summed E-state index contributed by atoms with van der Waals surface area (Å²) in [5, 5.41) is 8.89. The van der Waals surface area contributed by atoms with Crippen molar-refractivity contribution >= 4 is 0 Å². The number of pyridine rings is 1. The lowest BCUT2D eigenvalue weighted by Gasteiger charge is -2.05. The minimum absolute atomic E-state index is 0.612. The Balaban J connectivity index is 2.63. The van der Waals surface area contributed by atoms with Crippen LogP contribution in [0.5, 0.6) is 0 Å². The first kappa shape index (κ1) is 8.52. The van der Waals surface area contributed by atoms with E-state index in [1.807, 2.05) is 35.8 Å². The predicted molar refractivity (Wildman–Crippen MR) is 53.0 cm³/mol. The van der Waals surface area contributed by atoms with Crippen molar-refractivity contribution < 1.29 is 0 Å². The molecule has 0 amide bonds. The monoisotopic (exact) mass is 183 g/mol. The highest BCUT2D eigenvalue weighted by Gasteiger charge is 2.06. The van der Waals surface area contributed by atoms with Gasteiger partial charge in [0.05, 0.1) is 0 Å². The van der Waals surface area contributed by atoms with Gasteiger partial charge in [-0.05, 0) is 31.2 Å². The van der Waals surface area contributed by atoms with E-state index >= 15 is 0 Å². The molecule has 68 valence electrons. The molecule has 0 N–H and O–H groups in total. The van der Waals surface area contributed by atoms with Crippen LogP contribution in [0.3, 0.4) is 0 Å². The molecule has 0 aromatic carbocycles. The van der Waals surface area contributed by atoms with Gasteiger partial charge in [0.25, 0.3) is 0 Å². The van der Waals surface area contributed by atoms with Gasteiger partial charge in [0.1, 0.15) is 17.6 Å². The minimum atomic E-state index is 0.612. The Bertz CT molecular complexity index is 477. The van der Waals surface area contributed by atoms with E-state index in [2.05, 4.69) is 11.1 Å². The predicted octanol–water partition coefficient (Wildman–Crippen LogP) is 2.05. The molecule has 14 heavy (non-hydrogen) atoms. The van der Waals surface area contributed by atoms with E-state index in [4.69, 9.17) is 5.26 Å². The quantitative estimate of drug-likeness (QED) is 0.679. The van der Waals surface area contributed by atoms with Crippen molar-refractivity contribution in [3.05, 3.63) is 47.9 Å². The Kier molecular flexibility index (Phi) is 2.04. The van der Waals surface area contributed by atoms with Gasteiger partial charge in [-0.25, -0.2) is 4.98 Å². The summed E-state index contributed by atoms with van der Waals surface area (Å²) in [5.41, 5.74) is 1.63. The lowest BCUT2D eigenvalue weighted by atomic mass is 10.4. The van der Waals surface area contributed by atoms with Crippen molar-refractivity contribution in [2.75, 3.05) is 0 Å². The lowest BCUT2D eigenvalue weighted by molar-refractivity contribution is 0.945.